The van der Waals surface area contributed by atoms with Crippen molar-refractivity contribution in [3.05, 3.63) is 47.2 Å². The van der Waals surface area contributed by atoms with Crippen LogP contribution in [-0.4, -0.2) is 38.4 Å². The molecule has 0 radical (unpaired) electrons. The van der Waals surface area contributed by atoms with Crippen LogP contribution in [0.5, 0.6) is 0 Å². The number of carbonyl (C=O) groups is 2. The van der Waals surface area contributed by atoms with Crippen LogP contribution in [-0.2, 0) is 22.4 Å². The standard InChI is InChI=1S/C24H32N4O3/c1-16-26-14-19(15-27-16)18(12-22(30)31)11-21(29)13-24(2,3)9-8-20-7-6-17-5-4-10-25-23(17)28-20/h6-7,14-15,18H,4-5,8-13H2,1-3H3,(H,25,28)(H,30,31)/t18-/m1/s1. The van der Waals surface area contributed by atoms with Crippen molar-refractivity contribution in [1.29, 1.82) is 0 Å². The van der Waals surface area contributed by atoms with E-state index in [1.165, 1.54) is 5.56 Å². The van der Waals surface area contributed by atoms with Gasteiger partial charge in [0, 0.05) is 43.4 Å². The molecule has 0 aliphatic carbocycles. The summed E-state index contributed by atoms with van der Waals surface area (Å²) in [5.74, 6) is 0.349. The second-order valence-electron chi connectivity index (χ2n) is 9.28. The second kappa shape index (κ2) is 9.98. The lowest BCUT2D eigenvalue weighted by molar-refractivity contribution is -0.137. The van der Waals surface area contributed by atoms with Gasteiger partial charge in [-0.1, -0.05) is 19.9 Å². The van der Waals surface area contributed by atoms with Gasteiger partial charge in [-0.2, -0.15) is 0 Å². The molecule has 31 heavy (non-hydrogen) atoms. The van der Waals surface area contributed by atoms with Crippen LogP contribution >= 0.6 is 0 Å². The molecule has 0 saturated heterocycles. The first-order valence-electron chi connectivity index (χ1n) is 11.0. The fourth-order valence-corrected chi connectivity index (χ4v) is 4.08. The van der Waals surface area contributed by atoms with Crippen molar-refractivity contribution in [2.24, 2.45) is 5.41 Å². The molecule has 7 heteroatoms. The maximum Gasteiger partial charge on any atom is 0.303 e. The number of rotatable bonds is 10. The minimum atomic E-state index is -0.926. The first kappa shape index (κ1) is 22.8. The molecule has 2 aromatic heterocycles. The van der Waals surface area contributed by atoms with Crippen molar-refractivity contribution in [2.45, 2.75) is 71.6 Å². The van der Waals surface area contributed by atoms with E-state index in [0.29, 0.717) is 17.8 Å². The van der Waals surface area contributed by atoms with Crippen LogP contribution < -0.4 is 5.32 Å². The van der Waals surface area contributed by atoms with Crippen LogP contribution in [0.1, 0.15) is 74.5 Å². The summed E-state index contributed by atoms with van der Waals surface area (Å²) in [6.07, 6.45) is 7.59. The summed E-state index contributed by atoms with van der Waals surface area (Å²) in [5, 5.41) is 12.6. The number of carbonyl (C=O) groups excluding carboxylic acids is 1. The average molecular weight is 425 g/mol. The van der Waals surface area contributed by atoms with E-state index in [4.69, 9.17) is 4.98 Å². The van der Waals surface area contributed by atoms with Crippen LogP contribution in [0.4, 0.5) is 5.82 Å². The number of anilines is 1. The third-order valence-electron chi connectivity index (χ3n) is 5.85. The SMILES string of the molecule is Cc1ncc([C@@H](CC(=O)O)CC(=O)CC(C)(C)CCc2ccc3c(n2)NCCC3)cn1. The van der Waals surface area contributed by atoms with E-state index in [-0.39, 0.29) is 24.0 Å². The zero-order chi connectivity index (χ0) is 22.4. The van der Waals surface area contributed by atoms with E-state index >= 15 is 0 Å². The number of pyridine rings is 1. The summed E-state index contributed by atoms with van der Waals surface area (Å²) >= 11 is 0. The molecule has 2 N–H and O–H groups in total. The van der Waals surface area contributed by atoms with E-state index in [0.717, 1.165) is 43.7 Å². The number of hydrogen-bond acceptors (Lipinski definition) is 6. The molecule has 1 aliphatic rings. The number of nitrogens with one attached hydrogen (secondary N) is 1. The first-order chi connectivity index (χ1) is 14.7. The Morgan fingerprint density at radius 2 is 1.94 bits per heavy atom. The second-order valence-corrected chi connectivity index (χ2v) is 9.28. The molecular formula is C24H32N4O3. The van der Waals surface area contributed by atoms with Crippen molar-refractivity contribution in [3.8, 4) is 0 Å². The highest BCUT2D eigenvalue weighted by molar-refractivity contribution is 5.81. The summed E-state index contributed by atoms with van der Waals surface area (Å²) in [4.78, 5) is 37.2. The van der Waals surface area contributed by atoms with Crippen molar-refractivity contribution >= 4 is 17.6 Å². The average Bonchev–Trinajstić information content (AvgIpc) is 2.71. The minimum absolute atomic E-state index is 0.0666. The highest BCUT2D eigenvalue weighted by Gasteiger charge is 2.26. The molecule has 3 rings (SSSR count). The number of aromatic nitrogens is 3. The number of ketones is 1. The molecule has 2 aromatic rings. The molecule has 0 aromatic carbocycles. The maximum atomic E-state index is 12.8. The lowest BCUT2D eigenvalue weighted by atomic mass is 9.80. The fourth-order valence-electron chi connectivity index (χ4n) is 4.08. The van der Waals surface area contributed by atoms with Gasteiger partial charge in [0.25, 0.3) is 0 Å². The van der Waals surface area contributed by atoms with Gasteiger partial charge in [0.2, 0.25) is 0 Å². The molecule has 0 unspecified atom stereocenters. The molecular weight excluding hydrogens is 392 g/mol. The fraction of sp³-hybridized carbons (Fsp3) is 0.542. The number of carboxylic acids is 1. The molecule has 0 saturated carbocycles. The van der Waals surface area contributed by atoms with Gasteiger partial charge in [-0.3, -0.25) is 9.59 Å². The topological polar surface area (TPSA) is 105 Å². The quantitative estimate of drug-likeness (QED) is 0.591. The molecule has 3 heterocycles. The number of hydrogen-bond donors (Lipinski definition) is 2. The van der Waals surface area contributed by atoms with Gasteiger partial charge < -0.3 is 10.4 Å². The molecule has 1 atom stereocenters. The molecule has 0 fully saturated rings. The molecule has 1 aliphatic heterocycles. The third kappa shape index (κ3) is 6.84. The maximum absolute atomic E-state index is 12.8. The zero-order valence-electron chi connectivity index (χ0n) is 18.6. The number of fused-ring (bicyclic) bond motifs is 1. The summed E-state index contributed by atoms with van der Waals surface area (Å²) < 4.78 is 0. The lowest BCUT2D eigenvalue weighted by Crippen LogP contribution is -2.21. The first-order valence-corrected chi connectivity index (χ1v) is 11.0. The van der Waals surface area contributed by atoms with Crippen molar-refractivity contribution < 1.29 is 14.7 Å². The van der Waals surface area contributed by atoms with E-state index in [1.54, 1.807) is 19.3 Å². The predicted octanol–water partition coefficient (Wildman–Crippen LogP) is 4.10. The van der Waals surface area contributed by atoms with Gasteiger partial charge in [0.15, 0.2) is 0 Å². The summed E-state index contributed by atoms with van der Waals surface area (Å²) in [6, 6.07) is 4.24. The Kier molecular flexibility index (Phi) is 7.36. The number of Topliss-reactive ketones (excluding diaryl/α,β-unsaturated/α-hetero) is 1. The van der Waals surface area contributed by atoms with Gasteiger partial charge in [0.1, 0.15) is 17.4 Å². The smallest absolute Gasteiger partial charge is 0.303 e. The molecule has 166 valence electrons. The normalized spacial score (nSPS) is 14.4. The lowest BCUT2D eigenvalue weighted by Gasteiger charge is -2.25. The van der Waals surface area contributed by atoms with Crippen LogP contribution in [0.25, 0.3) is 0 Å². The van der Waals surface area contributed by atoms with Gasteiger partial charge in [-0.25, -0.2) is 15.0 Å². The van der Waals surface area contributed by atoms with Crippen LogP contribution in [0.3, 0.4) is 0 Å². The Morgan fingerprint density at radius 3 is 2.65 bits per heavy atom. The zero-order valence-corrected chi connectivity index (χ0v) is 18.6. The molecule has 0 amide bonds. The number of carboxylic acid groups (broad SMARTS) is 1. The number of aryl methyl sites for hydroxylation is 3. The Labute approximate surface area is 183 Å². The Hall–Kier alpha value is -2.83. The van der Waals surface area contributed by atoms with E-state index in [2.05, 4.69) is 41.3 Å². The van der Waals surface area contributed by atoms with Gasteiger partial charge >= 0.3 is 5.97 Å². The predicted molar refractivity (Wildman–Crippen MR) is 119 cm³/mol. The Balaban J connectivity index is 1.58. The van der Waals surface area contributed by atoms with Gasteiger partial charge in [-0.05, 0) is 55.2 Å². The molecule has 7 nitrogen and oxygen atoms in total. The monoisotopic (exact) mass is 424 g/mol. The summed E-state index contributed by atoms with van der Waals surface area (Å²) in [5.41, 5.74) is 2.81. The van der Waals surface area contributed by atoms with E-state index in [1.807, 2.05) is 0 Å². The van der Waals surface area contributed by atoms with Crippen molar-refractivity contribution in [1.82, 2.24) is 15.0 Å². The van der Waals surface area contributed by atoms with Crippen molar-refractivity contribution in [2.75, 3.05) is 11.9 Å². The molecule has 0 spiro atoms. The van der Waals surface area contributed by atoms with E-state index < -0.39 is 11.9 Å². The Bertz CT molecular complexity index is 925. The Morgan fingerprint density at radius 1 is 1.19 bits per heavy atom. The van der Waals surface area contributed by atoms with E-state index in [9.17, 15) is 14.7 Å². The van der Waals surface area contributed by atoms with Crippen LogP contribution in [0.15, 0.2) is 24.5 Å². The van der Waals surface area contributed by atoms with Crippen molar-refractivity contribution in [3.63, 3.8) is 0 Å². The summed E-state index contributed by atoms with van der Waals surface area (Å²) in [7, 11) is 0. The minimum Gasteiger partial charge on any atom is -0.481 e. The number of aliphatic carboxylic acids is 1. The highest BCUT2D eigenvalue weighted by atomic mass is 16.4. The molecule has 0 bridgehead atoms. The number of nitrogens with zero attached hydrogens (tertiary/aromatic N) is 3. The highest BCUT2D eigenvalue weighted by Crippen LogP contribution is 2.31. The summed E-state index contributed by atoms with van der Waals surface area (Å²) in [6.45, 7) is 6.91. The van der Waals surface area contributed by atoms with Gasteiger partial charge in [-0.15, -0.1) is 0 Å². The van der Waals surface area contributed by atoms with Crippen LogP contribution in [0, 0.1) is 12.3 Å². The van der Waals surface area contributed by atoms with Gasteiger partial charge in [0.05, 0.1) is 6.42 Å². The van der Waals surface area contributed by atoms with Crippen LogP contribution in [0.2, 0.25) is 0 Å². The third-order valence-corrected chi connectivity index (χ3v) is 5.85. The largest absolute Gasteiger partial charge is 0.481 e.